The van der Waals surface area contributed by atoms with Crippen LogP contribution in [0.25, 0.3) is 10.9 Å². The number of nitrogens with one attached hydrogen (secondary N) is 1. The molecular weight excluding hydrogens is 274 g/mol. The molecule has 0 spiro atoms. The minimum Gasteiger partial charge on any atom is -0.481 e. The molecule has 1 aromatic carbocycles. The van der Waals surface area contributed by atoms with E-state index in [0.717, 1.165) is 0 Å². The molecule has 0 saturated carbocycles. The van der Waals surface area contributed by atoms with Gasteiger partial charge in [0.25, 0.3) is 5.69 Å². The first kappa shape index (κ1) is 14.7. The van der Waals surface area contributed by atoms with Gasteiger partial charge in [-0.1, -0.05) is 12.1 Å². The number of hydrogen-bond acceptors (Lipinski definition) is 5. The van der Waals surface area contributed by atoms with Crippen molar-refractivity contribution in [1.29, 1.82) is 0 Å². The number of hydrogen-bond donors (Lipinski definition) is 2. The van der Waals surface area contributed by atoms with Crippen LogP contribution in [0.4, 0.5) is 11.4 Å². The summed E-state index contributed by atoms with van der Waals surface area (Å²) >= 11 is 0. The highest BCUT2D eigenvalue weighted by Gasteiger charge is 2.27. The van der Waals surface area contributed by atoms with Crippen molar-refractivity contribution in [3.63, 3.8) is 0 Å². The summed E-state index contributed by atoms with van der Waals surface area (Å²) in [6.07, 6.45) is 1.46. The smallest absolute Gasteiger partial charge is 0.310 e. The molecule has 2 rings (SSSR count). The lowest BCUT2D eigenvalue weighted by molar-refractivity contribution is -0.383. The van der Waals surface area contributed by atoms with Gasteiger partial charge in [-0.05, 0) is 19.9 Å². The monoisotopic (exact) mass is 289 g/mol. The van der Waals surface area contributed by atoms with Gasteiger partial charge in [-0.3, -0.25) is 14.9 Å². The number of non-ortho nitro benzene ring substituents is 1. The molecule has 7 heteroatoms. The maximum absolute atomic E-state index is 11.1. The first-order chi connectivity index (χ1) is 9.83. The van der Waals surface area contributed by atoms with Crippen LogP contribution in [-0.4, -0.2) is 27.5 Å². The van der Waals surface area contributed by atoms with Crippen molar-refractivity contribution in [2.75, 3.05) is 11.9 Å². The number of aliphatic carboxylic acids is 1. The fraction of sp³-hybridized carbons (Fsp3) is 0.286. The zero-order valence-corrected chi connectivity index (χ0v) is 11.7. The third-order valence-electron chi connectivity index (χ3n) is 3.25. The molecule has 0 bridgehead atoms. The van der Waals surface area contributed by atoms with Crippen molar-refractivity contribution in [2.45, 2.75) is 13.8 Å². The summed E-state index contributed by atoms with van der Waals surface area (Å²) in [6.45, 7) is 3.41. The van der Waals surface area contributed by atoms with Crippen LogP contribution >= 0.6 is 0 Å². The molecule has 2 N–H and O–H groups in total. The fourth-order valence-electron chi connectivity index (χ4n) is 1.85. The average Bonchev–Trinajstić information content (AvgIpc) is 2.44. The third-order valence-corrected chi connectivity index (χ3v) is 3.25. The molecule has 110 valence electrons. The molecule has 1 heterocycles. The number of carboxylic acid groups (broad SMARTS) is 1. The van der Waals surface area contributed by atoms with Gasteiger partial charge in [0.15, 0.2) is 0 Å². The first-order valence-electron chi connectivity index (χ1n) is 6.32. The zero-order chi connectivity index (χ0) is 15.6. The number of nitro benzene ring substituents is 1. The van der Waals surface area contributed by atoms with Gasteiger partial charge in [-0.2, -0.15) is 0 Å². The van der Waals surface area contributed by atoms with E-state index in [1.807, 2.05) is 0 Å². The van der Waals surface area contributed by atoms with Crippen molar-refractivity contribution in [3.8, 4) is 0 Å². The summed E-state index contributed by atoms with van der Waals surface area (Å²) in [6, 6.07) is 6.35. The Labute approximate surface area is 120 Å². The molecule has 0 aliphatic heterocycles. The summed E-state index contributed by atoms with van der Waals surface area (Å²) in [5.74, 6) is -0.917. The van der Waals surface area contributed by atoms with E-state index in [9.17, 15) is 14.9 Å². The Bertz CT molecular complexity index is 712. The number of anilines is 1. The number of aromatic nitrogens is 1. The molecule has 0 aliphatic rings. The zero-order valence-electron chi connectivity index (χ0n) is 11.7. The second-order valence-corrected chi connectivity index (χ2v) is 5.33. The maximum Gasteiger partial charge on any atom is 0.310 e. The number of rotatable bonds is 5. The topological polar surface area (TPSA) is 105 Å². The van der Waals surface area contributed by atoms with Crippen molar-refractivity contribution < 1.29 is 14.8 Å². The van der Waals surface area contributed by atoms with Gasteiger partial charge in [0.05, 0.1) is 10.3 Å². The van der Waals surface area contributed by atoms with Crippen LogP contribution < -0.4 is 5.32 Å². The number of nitrogens with zero attached hydrogens (tertiary/aromatic N) is 2. The van der Waals surface area contributed by atoms with Gasteiger partial charge in [0.1, 0.15) is 5.52 Å². The van der Waals surface area contributed by atoms with Gasteiger partial charge in [-0.15, -0.1) is 0 Å². The molecule has 0 saturated heterocycles. The van der Waals surface area contributed by atoms with Crippen LogP contribution in [0.1, 0.15) is 13.8 Å². The lowest BCUT2D eigenvalue weighted by atomic mass is 9.94. The standard InChI is InChI=1S/C14H15N3O4/c1-14(2,13(18)19)8-16-10-6-7-15-12-9(10)4-3-5-11(12)17(20)21/h3-7H,8H2,1-2H3,(H,15,16)(H,18,19). The molecule has 0 unspecified atom stereocenters. The Kier molecular flexibility index (Phi) is 3.75. The summed E-state index contributed by atoms with van der Waals surface area (Å²) < 4.78 is 0. The molecule has 0 aliphatic carbocycles. The van der Waals surface area contributed by atoms with Gasteiger partial charge < -0.3 is 10.4 Å². The van der Waals surface area contributed by atoms with Crippen molar-refractivity contribution in [1.82, 2.24) is 4.98 Å². The number of nitro groups is 1. The first-order valence-corrected chi connectivity index (χ1v) is 6.32. The van der Waals surface area contributed by atoms with Gasteiger partial charge in [0, 0.05) is 29.9 Å². The average molecular weight is 289 g/mol. The van der Waals surface area contributed by atoms with Gasteiger partial charge >= 0.3 is 5.97 Å². The Balaban J connectivity index is 2.40. The second kappa shape index (κ2) is 5.35. The highest BCUT2D eigenvalue weighted by atomic mass is 16.6. The molecule has 0 atom stereocenters. The number of para-hydroxylation sites is 1. The van der Waals surface area contributed by atoms with Gasteiger partial charge in [0.2, 0.25) is 0 Å². The molecule has 0 fully saturated rings. The van der Waals surface area contributed by atoms with Crippen LogP contribution in [0, 0.1) is 15.5 Å². The lowest BCUT2D eigenvalue weighted by Gasteiger charge is -2.20. The highest BCUT2D eigenvalue weighted by molar-refractivity contribution is 5.96. The van der Waals surface area contributed by atoms with Crippen LogP contribution in [0.5, 0.6) is 0 Å². The Hall–Kier alpha value is -2.70. The van der Waals surface area contributed by atoms with E-state index in [4.69, 9.17) is 5.11 Å². The van der Waals surface area contributed by atoms with E-state index < -0.39 is 16.3 Å². The molecule has 7 nitrogen and oxygen atoms in total. The number of carboxylic acids is 1. The minimum absolute atomic E-state index is 0.0753. The SMILES string of the molecule is CC(C)(CNc1ccnc2c([N+](=O)[O-])cccc12)C(=O)O. The molecule has 21 heavy (non-hydrogen) atoms. The van der Waals surface area contributed by atoms with E-state index in [-0.39, 0.29) is 17.7 Å². The quantitative estimate of drug-likeness (QED) is 0.647. The highest BCUT2D eigenvalue weighted by Crippen LogP contribution is 2.29. The maximum atomic E-state index is 11.1. The molecule has 1 aromatic heterocycles. The fourth-order valence-corrected chi connectivity index (χ4v) is 1.85. The summed E-state index contributed by atoms with van der Waals surface area (Å²) in [7, 11) is 0. The normalized spacial score (nSPS) is 11.3. The van der Waals surface area contributed by atoms with E-state index in [0.29, 0.717) is 11.1 Å². The van der Waals surface area contributed by atoms with Crippen molar-refractivity contribution in [3.05, 3.63) is 40.6 Å². The van der Waals surface area contributed by atoms with Crippen molar-refractivity contribution >= 4 is 28.2 Å². The van der Waals surface area contributed by atoms with E-state index in [2.05, 4.69) is 10.3 Å². The Morgan fingerprint density at radius 2 is 2.14 bits per heavy atom. The number of pyridine rings is 1. The minimum atomic E-state index is -0.948. The second-order valence-electron chi connectivity index (χ2n) is 5.33. The third kappa shape index (κ3) is 2.91. The van der Waals surface area contributed by atoms with Crippen molar-refractivity contribution in [2.24, 2.45) is 5.41 Å². The van der Waals surface area contributed by atoms with Crippen LogP contribution in [0.3, 0.4) is 0 Å². The molecule has 0 radical (unpaired) electrons. The van der Waals surface area contributed by atoms with Gasteiger partial charge in [-0.25, -0.2) is 4.98 Å². The van der Waals surface area contributed by atoms with E-state index in [1.54, 1.807) is 32.0 Å². The predicted octanol–water partition coefficient (Wildman–Crippen LogP) is 2.67. The summed E-state index contributed by atoms with van der Waals surface area (Å²) in [4.78, 5) is 25.7. The number of benzene rings is 1. The van der Waals surface area contributed by atoms with E-state index >= 15 is 0 Å². The Morgan fingerprint density at radius 1 is 1.43 bits per heavy atom. The molecular formula is C14H15N3O4. The summed E-state index contributed by atoms with van der Waals surface area (Å²) in [5, 5.41) is 23.7. The van der Waals surface area contributed by atoms with Crippen LogP contribution in [0.15, 0.2) is 30.5 Å². The summed E-state index contributed by atoms with van der Waals surface area (Å²) in [5.41, 5.74) is -0.122. The predicted molar refractivity (Wildman–Crippen MR) is 78.3 cm³/mol. The van der Waals surface area contributed by atoms with Crippen LogP contribution in [0.2, 0.25) is 0 Å². The largest absolute Gasteiger partial charge is 0.481 e. The Morgan fingerprint density at radius 3 is 2.76 bits per heavy atom. The van der Waals surface area contributed by atoms with Crippen LogP contribution in [-0.2, 0) is 4.79 Å². The van der Waals surface area contributed by atoms with E-state index in [1.165, 1.54) is 12.3 Å². The molecule has 0 amide bonds. The molecule has 2 aromatic rings. The number of fused-ring (bicyclic) bond motifs is 1. The number of carbonyl (C=O) groups is 1. The lowest BCUT2D eigenvalue weighted by Crippen LogP contribution is -2.31.